The van der Waals surface area contributed by atoms with Gasteiger partial charge in [0.15, 0.2) is 15.5 Å². The van der Waals surface area contributed by atoms with Crippen LogP contribution in [-0.4, -0.2) is 49.4 Å². The van der Waals surface area contributed by atoms with E-state index in [0.29, 0.717) is 29.6 Å². The van der Waals surface area contributed by atoms with Crippen molar-refractivity contribution in [3.63, 3.8) is 0 Å². The smallest absolute Gasteiger partial charge is 0.178 e. The van der Waals surface area contributed by atoms with Gasteiger partial charge in [-0.15, -0.1) is 0 Å². The number of hydrogen-bond donors (Lipinski definition) is 1. The molecule has 0 fully saturated rings. The number of rotatable bonds is 9. The molecule has 0 aliphatic heterocycles. The minimum absolute atomic E-state index is 0.154. The van der Waals surface area contributed by atoms with E-state index in [0.717, 1.165) is 16.6 Å². The van der Waals surface area contributed by atoms with E-state index in [1.807, 2.05) is 31.2 Å². The zero-order valence-electron chi connectivity index (χ0n) is 18.6. The number of methoxy groups -OCH3 is 1. The third-order valence-electron chi connectivity index (χ3n) is 4.91. The monoisotopic (exact) mass is 467 g/mol. The molecule has 0 bridgehead atoms. The lowest BCUT2D eigenvalue weighted by atomic mass is 10.2. The van der Waals surface area contributed by atoms with E-state index in [1.54, 1.807) is 43.6 Å². The van der Waals surface area contributed by atoms with E-state index in [-0.39, 0.29) is 17.6 Å². The number of H-pyrrole nitrogens is 1. The maximum atomic E-state index is 11.7. The number of nitrogens with one attached hydrogen (secondary N) is 1. The van der Waals surface area contributed by atoms with Gasteiger partial charge in [0.25, 0.3) is 0 Å². The van der Waals surface area contributed by atoms with Crippen LogP contribution in [0.15, 0.2) is 65.7 Å². The lowest BCUT2D eigenvalue weighted by Crippen LogP contribution is -2.18. The van der Waals surface area contributed by atoms with E-state index in [1.165, 1.54) is 6.26 Å². The fraction of sp³-hybridized carbons (Fsp3) is 0.250. The van der Waals surface area contributed by atoms with Crippen LogP contribution in [0.4, 0.5) is 0 Å². The Morgan fingerprint density at radius 3 is 2.52 bits per heavy atom. The predicted octanol–water partition coefficient (Wildman–Crippen LogP) is 4.02. The van der Waals surface area contributed by atoms with Crippen molar-refractivity contribution < 1.29 is 22.6 Å². The van der Waals surface area contributed by atoms with Crippen LogP contribution in [0.25, 0.3) is 22.6 Å². The molecule has 172 valence electrons. The molecule has 4 rings (SSSR count). The van der Waals surface area contributed by atoms with E-state index in [4.69, 9.17) is 14.2 Å². The van der Waals surface area contributed by atoms with Gasteiger partial charge in [-0.05, 0) is 48.9 Å². The van der Waals surface area contributed by atoms with Crippen molar-refractivity contribution in [2.45, 2.75) is 24.5 Å². The summed E-state index contributed by atoms with van der Waals surface area (Å²) in [7, 11) is -1.61. The summed E-state index contributed by atoms with van der Waals surface area (Å²) in [6.45, 7) is 2.63. The second-order valence-electron chi connectivity index (χ2n) is 7.74. The molecule has 0 unspecified atom stereocenters. The van der Waals surface area contributed by atoms with E-state index in [9.17, 15) is 8.42 Å². The van der Waals surface area contributed by atoms with Crippen LogP contribution in [0.3, 0.4) is 0 Å². The second-order valence-corrected chi connectivity index (χ2v) is 9.76. The minimum atomic E-state index is -3.24. The molecular formula is C24H25N3O5S. The first kappa shape index (κ1) is 22.8. The van der Waals surface area contributed by atoms with Crippen molar-refractivity contribution in [2.75, 3.05) is 20.0 Å². The summed E-state index contributed by atoms with van der Waals surface area (Å²) in [5.74, 6) is 1.86. The molecule has 0 aliphatic carbocycles. The average molecular weight is 468 g/mol. The highest BCUT2D eigenvalue weighted by molar-refractivity contribution is 7.90. The Morgan fingerprint density at radius 1 is 1.06 bits per heavy atom. The number of aromatic nitrogens is 3. The van der Waals surface area contributed by atoms with Crippen LogP contribution >= 0.6 is 0 Å². The topological polar surface area (TPSA) is 103 Å². The average Bonchev–Trinajstić information content (AvgIpc) is 3.22. The molecule has 4 aromatic rings. The molecule has 2 aromatic heterocycles. The van der Waals surface area contributed by atoms with Crippen LogP contribution in [0.2, 0.25) is 0 Å². The standard InChI is InChI=1S/C24H25N3O5S/c1-16(14-30-2)32-20-12-18(23-26-22-5-4-10-25-24(22)27-23)11-19(13-20)31-15-17-6-8-21(9-7-17)33(3,28)29/h4-13,16H,14-15H2,1-3H3,(H,25,26,27)/t16-/m0/s1. The highest BCUT2D eigenvalue weighted by Crippen LogP contribution is 2.30. The van der Waals surface area contributed by atoms with Crippen molar-refractivity contribution in [2.24, 2.45) is 0 Å². The molecule has 0 amide bonds. The first-order valence-electron chi connectivity index (χ1n) is 10.4. The summed E-state index contributed by atoms with van der Waals surface area (Å²) in [5.41, 5.74) is 3.09. The SMILES string of the molecule is COC[C@H](C)Oc1cc(OCc2ccc(S(C)(=O)=O)cc2)cc(-c2nc3ncccc3[nH]2)c1. The summed E-state index contributed by atoms with van der Waals surface area (Å²) in [6, 6.07) is 16.0. The summed E-state index contributed by atoms with van der Waals surface area (Å²) in [4.78, 5) is 12.4. The van der Waals surface area contributed by atoms with Gasteiger partial charge in [0.1, 0.15) is 30.0 Å². The molecule has 1 N–H and O–H groups in total. The summed E-state index contributed by atoms with van der Waals surface area (Å²) >= 11 is 0. The summed E-state index contributed by atoms with van der Waals surface area (Å²) in [6.07, 6.45) is 2.73. The van der Waals surface area contributed by atoms with Gasteiger partial charge >= 0.3 is 0 Å². The molecular weight excluding hydrogens is 442 g/mol. The van der Waals surface area contributed by atoms with Crippen molar-refractivity contribution in [1.82, 2.24) is 15.0 Å². The Labute approximate surface area is 192 Å². The minimum Gasteiger partial charge on any atom is -0.489 e. The van der Waals surface area contributed by atoms with Gasteiger partial charge in [0, 0.05) is 31.2 Å². The number of ether oxygens (including phenoxy) is 3. The molecule has 0 radical (unpaired) electrons. The van der Waals surface area contributed by atoms with Gasteiger partial charge < -0.3 is 19.2 Å². The van der Waals surface area contributed by atoms with Crippen molar-refractivity contribution in [3.05, 3.63) is 66.4 Å². The lowest BCUT2D eigenvalue weighted by Gasteiger charge is -2.16. The predicted molar refractivity (Wildman–Crippen MR) is 125 cm³/mol. The Morgan fingerprint density at radius 2 is 1.82 bits per heavy atom. The van der Waals surface area contributed by atoms with E-state index in [2.05, 4.69) is 15.0 Å². The quantitative estimate of drug-likeness (QED) is 0.396. The molecule has 0 spiro atoms. The van der Waals surface area contributed by atoms with Gasteiger partial charge in [-0.25, -0.2) is 18.4 Å². The maximum Gasteiger partial charge on any atom is 0.178 e. The largest absolute Gasteiger partial charge is 0.489 e. The number of pyridine rings is 1. The normalized spacial score (nSPS) is 12.6. The number of hydrogen-bond acceptors (Lipinski definition) is 7. The third-order valence-corrected chi connectivity index (χ3v) is 6.04. The van der Waals surface area contributed by atoms with Crippen molar-refractivity contribution in [3.8, 4) is 22.9 Å². The molecule has 33 heavy (non-hydrogen) atoms. The van der Waals surface area contributed by atoms with Crippen LogP contribution in [0, 0.1) is 0 Å². The first-order valence-corrected chi connectivity index (χ1v) is 12.2. The van der Waals surface area contributed by atoms with E-state index >= 15 is 0 Å². The first-order chi connectivity index (χ1) is 15.8. The summed E-state index contributed by atoms with van der Waals surface area (Å²) in [5, 5.41) is 0. The van der Waals surface area contributed by atoms with Crippen LogP contribution in [0.1, 0.15) is 12.5 Å². The number of nitrogens with zero attached hydrogens (tertiary/aromatic N) is 2. The molecule has 0 aliphatic rings. The maximum absolute atomic E-state index is 11.7. The number of sulfone groups is 1. The number of benzene rings is 2. The zero-order chi connectivity index (χ0) is 23.4. The van der Waals surface area contributed by atoms with Crippen molar-refractivity contribution >= 4 is 21.0 Å². The second kappa shape index (κ2) is 9.60. The molecule has 2 aromatic carbocycles. The van der Waals surface area contributed by atoms with Crippen molar-refractivity contribution in [1.29, 1.82) is 0 Å². The van der Waals surface area contributed by atoms with Gasteiger partial charge in [-0.3, -0.25) is 0 Å². The van der Waals surface area contributed by atoms with E-state index < -0.39 is 9.84 Å². The number of aromatic amines is 1. The Balaban J connectivity index is 1.61. The van der Waals surface area contributed by atoms with Gasteiger partial charge in [0.2, 0.25) is 0 Å². The number of imidazole rings is 1. The third kappa shape index (κ3) is 5.68. The van der Waals surface area contributed by atoms with Gasteiger partial charge in [-0.1, -0.05) is 12.1 Å². The summed E-state index contributed by atoms with van der Waals surface area (Å²) < 4.78 is 40.5. The van der Waals surface area contributed by atoms with Crippen LogP contribution in [-0.2, 0) is 21.2 Å². The Kier molecular flexibility index (Phi) is 6.62. The highest BCUT2D eigenvalue weighted by Gasteiger charge is 2.13. The molecule has 2 heterocycles. The lowest BCUT2D eigenvalue weighted by molar-refractivity contribution is 0.0919. The van der Waals surface area contributed by atoms with Gasteiger partial charge in [0.05, 0.1) is 17.0 Å². The molecule has 8 nitrogen and oxygen atoms in total. The number of fused-ring (bicyclic) bond motifs is 1. The van der Waals surface area contributed by atoms with Crippen LogP contribution in [0.5, 0.6) is 11.5 Å². The zero-order valence-corrected chi connectivity index (χ0v) is 19.4. The highest BCUT2D eigenvalue weighted by atomic mass is 32.2. The molecule has 9 heteroatoms. The fourth-order valence-electron chi connectivity index (χ4n) is 3.34. The Hall–Kier alpha value is -3.43. The van der Waals surface area contributed by atoms with Gasteiger partial charge in [-0.2, -0.15) is 0 Å². The van der Waals surface area contributed by atoms with Crippen LogP contribution < -0.4 is 9.47 Å². The fourth-order valence-corrected chi connectivity index (χ4v) is 3.97. The molecule has 1 atom stereocenters. The molecule has 0 saturated carbocycles. The Bertz CT molecular complexity index is 1320. The molecule has 0 saturated heterocycles.